The molecular weight excluding hydrogens is 463 g/mol. The van der Waals surface area contributed by atoms with Gasteiger partial charge in [0.1, 0.15) is 5.82 Å². The number of rotatable bonds is 8. The summed E-state index contributed by atoms with van der Waals surface area (Å²) in [6, 6.07) is 18.3. The Morgan fingerprint density at radius 3 is 2.41 bits per heavy atom. The van der Waals surface area contributed by atoms with Gasteiger partial charge in [-0.25, -0.2) is 4.98 Å². The minimum Gasteiger partial charge on any atom is -0.353 e. The van der Waals surface area contributed by atoms with E-state index >= 15 is 0 Å². The largest absolute Gasteiger partial charge is 0.353 e. The first-order valence-electron chi connectivity index (χ1n) is 11.4. The minimum absolute atomic E-state index is 0.420. The van der Waals surface area contributed by atoms with Crippen molar-refractivity contribution in [3.05, 3.63) is 108 Å². The van der Waals surface area contributed by atoms with Crippen LogP contribution < -0.4 is 4.90 Å². The lowest BCUT2D eigenvalue weighted by molar-refractivity contribution is 0.249. The fourth-order valence-electron chi connectivity index (χ4n) is 4.04. The zero-order chi connectivity index (χ0) is 23.8. The Kier molecular flexibility index (Phi) is 8.53. The Morgan fingerprint density at radius 1 is 1.00 bits per heavy atom. The van der Waals surface area contributed by atoms with Gasteiger partial charge in [0, 0.05) is 54.8 Å². The monoisotopic (exact) mass is 490 g/mol. The Labute approximate surface area is 211 Å². The molecular formula is C28H28Cl2N4. The smallest absolute Gasteiger partial charge is 0.147 e. The highest BCUT2D eigenvalue weighted by Gasteiger charge is 2.21. The molecule has 1 aliphatic heterocycles. The standard InChI is InChI=1S/C28H28Cl2N4/c1-2-7-23(10-6-15-29)27-28(24-11-13-25(30)14-12-24)32-26(20-31-27)34-18-16-33(17-19-34)21-22-8-4-3-5-9-22/h2-14,20H,1,15-19,21H2/b10-6-,23-7+. The third-order valence-corrected chi connectivity index (χ3v) is 6.21. The van der Waals surface area contributed by atoms with Gasteiger partial charge in [-0.3, -0.25) is 9.88 Å². The topological polar surface area (TPSA) is 32.3 Å². The van der Waals surface area contributed by atoms with Gasteiger partial charge >= 0.3 is 0 Å². The second-order valence-corrected chi connectivity index (χ2v) is 8.84. The van der Waals surface area contributed by atoms with Crippen molar-refractivity contribution in [1.82, 2.24) is 14.9 Å². The highest BCUT2D eigenvalue weighted by atomic mass is 35.5. The molecule has 2 aromatic carbocycles. The molecule has 174 valence electrons. The normalized spacial score (nSPS) is 15.1. The number of allylic oxidation sites excluding steroid dienone is 5. The van der Waals surface area contributed by atoms with Crippen LogP contribution in [0.25, 0.3) is 16.8 Å². The summed E-state index contributed by atoms with van der Waals surface area (Å²) in [7, 11) is 0. The number of anilines is 1. The van der Waals surface area contributed by atoms with Crippen LogP contribution in [0.1, 0.15) is 11.3 Å². The summed E-state index contributed by atoms with van der Waals surface area (Å²) in [6.45, 7) is 8.60. The van der Waals surface area contributed by atoms with Crippen molar-refractivity contribution >= 4 is 34.6 Å². The summed E-state index contributed by atoms with van der Waals surface area (Å²) < 4.78 is 0. The summed E-state index contributed by atoms with van der Waals surface area (Å²) in [5.74, 6) is 1.30. The average Bonchev–Trinajstić information content (AvgIpc) is 2.88. The molecule has 34 heavy (non-hydrogen) atoms. The van der Waals surface area contributed by atoms with E-state index in [1.807, 2.05) is 48.7 Å². The van der Waals surface area contributed by atoms with Crippen molar-refractivity contribution in [3.8, 4) is 11.3 Å². The third-order valence-electron chi connectivity index (χ3n) is 5.78. The number of piperazine rings is 1. The van der Waals surface area contributed by atoms with E-state index in [4.69, 9.17) is 33.2 Å². The molecule has 1 fully saturated rings. The predicted octanol–water partition coefficient (Wildman–Crippen LogP) is 6.48. The molecule has 0 amide bonds. The summed E-state index contributed by atoms with van der Waals surface area (Å²) in [6.07, 6.45) is 9.40. The van der Waals surface area contributed by atoms with E-state index in [0.29, 0.717) is 10.9 Å². The first kappa shape index (κ1) is 24.2. The van der Waals surface area contributed by atoms with Crippen LogP contribution in [0.2, 0.25) is 5.02 Å². The van der Waals surface area contributed by atoms with E-state index in [1.54, 1.807) is 6.08 Å². The second-order valence-electron chi connectivity index (χ2n) is 8.10. The third kappa shape index (κ3) is 6.15. The number of benzene rings is 2. The number of hydrogen-bond acceptors (Lipinski definition) is 4. The molecule has 0 radical (unpaired) electrons. The van der Waals surface area contributed by atoms with Crippen molar-refractivity contribution in [3.63, 3.8) is 0 Å². The zero-order valence-corrected chi connectivity index (χ0v) is 20.6. The molecule has 3 aromatic rings. The Hall–Kier alpha value is -2.92. The minimum atomic E-state index is 0.420. The van der Waals surface area contributed by atoms with Crippen LogP contribution in [-0.4, -0.2) is 46.9 Å². The lowest BCUT2D eigenvalue weighted by Crippen LogP contribution is -2.46. The highest BCUT2D eigenvalue weighted by molar-refractivity contribution is 6.30. The summed E-state index contributed by atoms with van der Waals surface area (Å²) in [4.78, 5) is 14.7. The summed E-state index contributed by atoms with van der Waals surface area (Å²) in [5, 5.41) is 0.688. The van der Waals surface area contributed by atoms with E-state index in [-0.39, 0.29) is 0 Å². The molecule has 0 atom stereocenters. The number of alkyl halides is 1. The molecule has 0 bridgehead atoms. The van der Waals surface area contributed by atoms with Gasteiger partial charge in [-0.1, -0.05) is 84.9 Å². The van der Waals surface area contributed by atoms with E-state index in [1.165, 1.54) is 5.56 Å². The summed E-state index contributed by atoms with van der Waals surface area (Å²) >= 11 is 12.0. The van der Waals surface area contributed by atoms with Crippen LogP contribution >= 0.6 is 23.2 Å². The van der Waals surface area contributed by atoms with Gasteiger partial charge in [0.2, 0.25) is 0 Å². The second kappa shape index (κ2) is 12.0. The SMILES string of the molecule is C=C/C=C(\C=C/CCl)c1ncc(N2CCN(Cc3ccccc3)CC2)nc1-c1ccc(Cl)cc1. The lowest BCUT2D eigenvalue weighted by atomic mass is 10.0. The molecule has 0 aliphatic carbocycles. The van der Waals surface area contributed by atoms with Crippen molar-refractivity contribution in [1.29, 1.82) is 0 Å². The molecule has 0 unspecified atom stereocenters. The predicted molar refractivity (Wildman–Crippen MR) is 144 cm³/mol. The van der Waals surface area contributed by atoms with E-state index < -0.39 is 0 Å². The van der Waals surface area contributed by atoms with E-state index in [2.05, 4.69) is 46.7 Å². The van der Waals surface area contributed by atoms with Gasteiger partial charge in [0.05, 0.1) is 17.6 Å². The molecule has 0 spiro atoms. The fraction of sp³-hybridized carbons (Fsp3) is 0.214. The maximum atomic E-state index is 6.15. The van der Waals surface area contributed by atoms with Crippen molar-refractivity contribution in [2.24, 2.45) is 0 Å². The van der Waals surface area contributed by atoms with Gasteiger partial charge in [0.15, 0.2) is 0 Å². The maximum absolute atomic E-state index is 6.15. The Bertz CT molecular complexity index is 1150. The average molecular weight is 491 g/mol. The molecule has 2 heterocycles. The van der Waals surface area contributed by atoms with Gasteiger partial charge in [-0.2, -0.15) is 0 Å². The zero-order valence-electron chi connectivity index (χ0n) is 19.1. The van der Waals surface area contributed by atoms with Gasteiger partial charge in [-0.15, -0.1) is 11.6 Å². The molecule has 6 heteroatoms. The van der Waals surface area contributed by atoms with Crippen molar-refractivity contribution in [2.45, 2.75) is 6.54 Å². The number of hydrogen-bond donors (Lipinski definition) is 0. The number of nitrogens with zero attached hydrogens (tertiary/aromatic N) is 4. The lowest BCUT2D eigenvalue weighted by Gasteiger charge is -2.35. The molecule has 0 saturated carbocycles. The Balaban J connectivity index is 1.60. The van der Waals surface area contributed by atoms with Crippen LogP contribution in [0, 0.1) is 0 Å². The van der Waals surface area contributed by atoms with E-state index in [0.717, 1.165) is 61.1 Å². The maximum Gasteiger partial charge on any atom is 0.147 e. The van der Waals surface area contributed by atoms with Crippen molar-refractivity contribution < 1.29 is 0 Å². The van der Waals surface area contributed by atoms with Crippen LogP contribution in [0.4, 0.5) is 5.82 Å². The molecule has 0 N–H and O–H groups in total. The van der Waals surface area contributed by atoms with E-state index in [9.17, 15) is 0 Å². The number of aromatic nitrogens is 2. The molecule has 4 nitrogen and oxygen atoms in total. The number of halogens is 2. The van der Waals surface area contributed by atoms with Crippen LogP contribution in [0.5, 0.6) is 0 Å². The van der Waals surface area contributed by atoms with Crippen LogP contribution in [-0.2, 0) is 6.54 Å². The van der Waals surface area contributed by atoms with Crippen molar-refractivity contribution in [2.75, 3.05) is 37.0 Å². The Morgan fingerprint density at radius 2 is 1.74 bits per heavy atom. The molecule has 4 rings (SSSR count). The van der Waals surface area contributed by atoms with Gasteiger partial charge in [0.25, 0.3) is 0 Å². The molecule has 1 saturated heterocycles. The molecule has 1 aliphatic rings. The highest BCUT2D eigenvalue weighted by Crippen LogP contribution is 2.30. The van der Waals surface area contributed by atoms with Gasteiger partial charge in [-0.05, 0) is 17.7 Å². The first-order chi connectivity index (χ1) is 16.7. The summed E-state index contributed by atoms with van der Waals surface area (Å²) in [5.41, 5.74) is 4.82. The van der Waals surface area contributed by atoms with Crippen LogP contribution in [0.15, 0.2) is 91.7 Å². The molecule has 1 aromatic heterocycles. The van der Waals surface area contributed by atoms with Gasteiger partial charge < -0.3 is 4.90 Å². The fourth-order valence-corrected chi connectivity index (χ4v) is 4.26. The van der Waals surface area contributed by atoms with Crippen LogP contribution in [0.3, 0.4) is 0 Å². The quantitative estimate of drug-likeness (QED) is 0.267. The first-order valence-corrected chi connectivity index (χ1v) is 12.3.